The van der Waals surface area contributed by atoms with Gasteiger partial charge in [-0.1, -0.05) is 11.6 Å². The van der Waals surface area contributed by atoms with Crippen molar-refractivity contribution in [1.29, 1.82) is 0 Å². The Morgan fingerprint density at radius 1 is 1.56 bits per heavy atom. The van der Waals surface area contributed by atoms with Gasteiger partial charge in [0.25, 0.3) is 0 Å². The Hall–Kier alpha value is -1.13. The molecule has 98 valence electrons. The molecule has 0 heterocycles. The van der Waals surface area contributed by atoms with Gasteiger partial charge in [-0.25, -0.2) is 4.39 Å². The molecule has 1 aromatic rings. The van der Waals surface area contributed by atoms with Crippen molar-refractivity contribution in [1.82, 2.24) is 0 Å². The fraction of sp³-hybridized carbons (Fsp3) is 0.462. The number of carbonyl (C=O) groups is 1. The summed E-state index contributed by atoms with van der Waals surface area (Å²) in [5, 5.41) is 9.32. The van der Waals surface area contributed by atoms with Gasteiger partial charge in [0, 0.05) is 23.1 Å². The minimum atomic E-state index is -0.917. The zero-order chi connectivity index (χ0) is 13.3. The molecule has 1 N–H and O–H groups in total. The van der Waals surface area contributed by atoms with E-state index in [4.69, 9.17) is 21.4 Å². The Morgan fingerprint density at radius 3 is 2.72 bits per heavy atom. The molecule has 0 radical (unpaired) electrons. The highest BCUT2D eigenvalue weighted by Gasteiger charge is 2.48. The summed E-state index contributed by atoms with van der Waals surface area (Å²) in [6.07, 6.45) is 1.31. The summed E-state index contributed by atoms with van der Waals surface area (Å²) in [6.45, 7) is 0.128. The predicted molar refractivity (Wildman–Crippen MR) is 65.3 cm³/mol. The van der Waals surface area contributed by atoms with Gasteiger partial charge < -0.3 is 9.84 Å². The Morgan fingerprint density at radius 2 is 2.22 bits per heavy atom. The van der Waals surface area contributed by atoms with Crippen LogP contribution in [0.2, 0.25) is 5.02 Å². The lowest BCUT2D eigenvalue weighted by Gasteiger charge is -2.16. The molecule has 0 bridgehead atoms. The van der Waals surface area contributed by atoms with Gasteiger partial charge in [0.2, 0.25) is 0 Å². The molecule has 1 aliphatic rings. The molecule has 1 saturated carbocycles. The van der Waals surface area contributed by atoms with Crippen LogP contribution in [-0.2, 0) is 21.6 Å². The average molecular weight is 273 g/mol. The van der Waals surface area contributed by atoms with Gasteiger partial charge in [-0.3, -0.25) is 4.79 Å². The first-order valence-electron chi connectivity index (χ1n) is 5.68. The standard InChI is InChI=1S/C13H14ClFO3/c1-18-7-8-4-9(14)5-10(12(8)15)13(2-3-13)6-11(16)17/h4-5H,2-3,6-7H2,1H3,(H,16,17). The molecule has 1 aromatic carbocycles. The number of hydrogen-bond donors (Lipinski definition) is 1. The van der Waals surface area contributed by atoms with Crippen LogP contribution >= 0.6 is 11.6 Å². The Labute approximate surface area is 110 Å². The van der Waals surface area contributed by atoms with Gasteiger partial charge >= 0.3 is 5.97 Å². The van der Waals surface area contributed by atoms with Crippen molar-refractivity contribution in [2.75, 3.05) is 7.11 Å². The van der Waals surface area contributed by atoms with Gasteiger partial charge in [0.05, 0.1) is 13.0 Å². The third-order valence-electron chi connectivity index (χ3n) is 3.33. The van der Waals surface area contributed by atoms with Crippen LogP contribution in [0.15, 0.2) is 12.1 Å². The maximum Gasteiger partial charge on any atom is 0.304 e. The molecular formula is C13H14ClFO3. The summed E-state index contributed by atoms with van der Waals surface area (Å²) in [6, 6.07) is 3.05. The first-order chi connectivity index (χ1) is 8.48. The fourth-order valence-electron chi connectivity index (χ4n) is 2.27. The van der Waals surface area contributed by atoms with E-state index in [-0.39, 0.29) is 18.8 Å². The van der Waals surface area contributed by atoms with E-state index >= 15 is 0 Å². The van der Waals surface area contributed by atoms with E-state index < -0.39 is 11.4 Å². The molecule has 0 unspecified atom stereocenters. The van der Waals surface area contributed by atoms with Gasteiger partial charge in [0.15, 0.2) is 0 Å². The molecule has 2 rings (SSSR count). The van der Waals surface area contributed by atoms with Crippen molar-refractivity contribution in [2.24, 2.45) is 0 Å². The van der Waals surface area contributed by atoms with Crippen LogP contribution in [0.4, 0.5) is 4.39 Å². The maximum absolute atomic E-state index is 14.3. The molecule has 0 aliphatic heterocycles. The van der Waals surface area contributed by atoms with Gasteiger partial charge in [-0.2, -0.15) is 0 Å². The first kappa shape index (κ1) is 13.3. The topological polar surface area (TPSA) is 46.5 Å². The van der Waals surface area contributed by atoms with Crippen LogP contribution in [0.3, 0.4) is 0 Å². The lowest BCUT2D eigenvalue weighted by Crippen LogP contribution is -2.16. The summed E-state index contributed by atoms with van der Waals surface area (Å²) in [5.41, 5.74) is 0.199. The second-order valence-corrected chi connectivity index (χ2v) is 5.15. The normalized spacial score (nSPS) is 16.6. The van der Waals surface area contributed by atoms with Crippen molar-refractivity contribution in [3.8, 4) is 0 Å². The largest absolute Gasteiger partial charge is 0.481 e. The summed E-state index contributed by atoms with van der Waals surface area (Å²) in [4.78, 5) is 10.9. The summed E-state index contributed by atoms with van der Waals surface area (Å²) >= 11 is 5.96. The average Bonchev–Trinajstić information content (AvgIpc) is 3.03. The predicted octanol–water partition coefficient (Wildman–Crippen LogP) is 3.13. The molecular weight excluding hydrogens is 259 g/mol. The van der Waals surface area contributed by atoms with Crippen molar-refractivity contribution < 1.29 is 19.0 Å². The van der Waals surface area contributed by atoms with Crippen LogP contribution in [0.1, 0.15) is 30.4 Å². The van der Waals surface area contributed by atoms with Crippen molar-refractivity contribution in [3.63, 3.8) is 0 Å². The first-order valence-corrected chi connectivity index (χ1v) is 6.05. The Bertz CT molecular complexity index is 483. The quantitative estimate of drug-likeness (QED) is 0.896. The van der Waals surface area contributed by atoms with Crippen LogP contribution in [0.25, 0.3) is 0 Å². The molecule has 0 atom stereocenters. The number of hydrogen-bond acceptors (Lipinski definition) is 2. The summed E-state index contributed by atoms with van der Waals surface area (Å²) in [7, 11) is 1.48. The van der Waals surface area contributed by atoms with Crippen molar-refractivity contribution in [3.05, 3.63) is 34.1 Å². The lowest BCUT2D eigenvalue weighted by atomic mass is 9.90. The molecule has 3 nitrogen and oxygen atoms in total. The van der Waals surface area contributed by atoms with E-state index in [1.807, 2.05) is 0 Å². The smallest absolute Gasteiger partial charge is 0.304 e. The van der Waals surface area contributed by atoms with Gasteiger partial charge in [0.1, 0.15) is 5.82 Å². The molecule has 0 spiro atoms. The number of aliphatic carboxylic acids is 1. The zero-order valence-electron chi connectivity index (χ0n) is 10.0. The zero-order valence-corrected chi connectivity index (χ0v) is 10.8. The highest BCUT2D eigenvalue weighted by atomic mass is 35.5. The minimum Gasteiger partial charge on any atom is -0.481 e. The SMILES string of the molecule is COCc1cc(Cl)cc(C2(CC(=O)O)CC2)c1F. The molecule has 1 aliphatic carbocycles. The van der Waals surface area contributed by atoms with Crippen LogP contribution in [-0.4, -0.2) is 18.2 Å². The van der Waals surface area contributed by atoms with Crippen LogP contribution < -0.4 is 0 Å². The molecule has 18 heavy (non-hydrogen) atoms. The van der Waals surface area contributed by atoms with E-state index in [0.29, 0.717) is 29.0 Å². The molecule has 0 aromatic heterocycles. The number of benzene rings is 1. The van der Waals surface area contributed by atoms with E-state index in [9.17, 15) is 9.18 Å². The maximum atomic E-state index is 14.3. The van der Waals surface area contributed by atoms with Crippen molar-refractivity contribution >= 4 is 17.6 Å². The molecule has 0 amide bonds. The van der Waals surface area contributed by atoms with Crippen LogP contribution in [0, 0.1) is 5.82 Å². The van der Waals surface area contributed by atoms with E-state index in [2.05, 4.69) is 0 Å². The Balaban J connectivity index is 2.41. The minimum absolute atomic E-state index is 0.0588. The number of carboxylic acids is 1. The van der Waals surface area contributed by atoms with Crippen molar-refractivity contribution in [2.45, 2.75) is 31.3 Å². The number of carboxylic acid groups (broad SMARTS) is 1. The second-order valence-electron chi connectivity index (χ2n) is 4.71. The second kappa shape index (κ2) is 4.86. The lowest BCUT2D eigenvalue weighted by molar-refractivity contribution is -0.137. The monoisotopic (exact) mass is 272 g/mol. The molecule has 5 heteroatoms. The fourth-order valence-corrected chi connectivity index (χ4v) is 2.51. The highest BCUT2D eigenvalue weighted by molar-refractivity contribution is 6.30. The van der Waals surface area contributed by atoms with E-state index in [1.54, 1.807) is 0 Å². The van der Waals surface area contributed by atoms with Crippen LogP contribution in [0.5, 0.6) is 0 Å². The summed E-state index contributed by atoms with van der Waals surface area (Å²) < 4.78 is 19.2. The number of rotatable bonds is 5. The van der Waals surface area contributed by atoms with Gasteiger partial charge in [-0.05, 0) is 30.5 Å². The van der Waals surface area contributed by atoms with E-state index in [1.165, 1.54) is 19.2 Å². The molecule has 0 saturated heterocycles. The molecule has 1 fully saturated rings. The highest BCUT2D eigenvalue weighted by Crippen LogP contribution is 2.52. The van der Waals surface area contributed by atoms with Gasteiger partial charge in [-0.15, -0.1) is 0 Å². The number of ether oxygens (including phenoxy) is 1. The number of halogens is 2. The summed E-state index contributed by atoms with van der Waals surface area (Å²) in [5.74, 6) is -1.31. The van der Waals surface area contributed by atoms with E-state index in [0.717, 1.165) is 0 Å². The third kappa shape index (κ3) is 2.49. The third-order valence-corrected chi connectivity index (χ3v) is 3.55. The number of methoxy groups -OCH3 is 1. The Kier molecular flexibility index (Phi) is 3.59.